The van der Waals surface area contributed by atoms with Crippen molar-refractivity contribution in [2.24, 2.45) is 5.10 Å². The maximum atomic E-state index is 13.3. The van der Waals surface area contributed by atoms with Crippen LogP contribution in [-0.2, 0) is 14.8 Å². The van der Waals surface area contributed by atoms with Gasteiger partial charge in [-0.05, 0) is 67.3 Å². The average molecular weight is 458 g/mol. The number of carbonyl (C=O) groups excluding carboxylic acids is 1. The quantitative estimate of drug-likeness (QED) is 0.391. The number of carbonyl (C=O) groups is 1. The Morgan fingerprint density at radius 2 is 1.84 bits per heavy atom. The third-order valence-electron chi connectivity index (χ3n) is 4.33. The highest BCUT2D eigenvalue weighted by atomic mass is 32.2. The van der Waals surface area contributed by atoms with Crippen LogP contribution < -0.4 is 14.5 Å². The summed E-state index contributed by atoms with van der Waals surface area (Å²) in [5.41, 5.74) is 3.80. The molecule has 0 aliphatic rings. The zero-order valence-corrected chi connectivity index (χ0v) is 18.8. The Bertz CT molecular complexity index is 1140. The molecule has 0 aliphatic carbocycles. The number of thiophene rings is 1. The van der Waals surface area contributed by atoms with Crippen LogP contribution >= 0.6 is 11.3 Å². The SMILES string of the molecule is CCOc1ccc(N(CC(=O)N/N=C\c2sccc2C)S(=O)(=O)c2ccccc2)cc1. The number of sulfonamides is 1. The van der Waals surface area contributed by atoms with E-state index in [1.165, 1.54) is 23.5 Å². The van der Waals surface area contributed by atoms with Gasteiger partial charge in [-0.15, -0.1) is 11.3 Å². The van der Waals surface area contributed by atoms with Crippen LogP contribution in [0.15, 0.2) is 76.0 Å². The fourth-order valence-corrected chi connectivity index (χ4v) is 4.98. The molecule has 31 heavy (non-hydrogen) atoms. The molecule has 0 aliphatic heterocycles. The first-order chi connectivity index (χ1) is 14.9. The molecule has 0 atom stereocenters. The maximum absolute atomic E-state index is 13.3. The van der Waals surface area contributed by atoms with E-state index in [4.69, 9.17) is 4.74 Å². The van der Waals surface area contributed by atoms with Gasteiger partial charge in [-0.1, -0.05) is 18.2 Å². The molecule has 0 saturated heterocycles. The summed E-state index contributed by atoms with van der Waals surface area (Å²) < 4.78 is 33.0. The van der Waals surface area contributed by atoms with Crippen LogP contribution in [0, 0.1) is 6.92 Å². The van der Waals surface area contributed by atoms with E-state index in [-0.39, 0.29) is 4.90 Å². The molecule has 2 aromatic carbocycles. The lowest BCUT2D eigenvalue weighted by molar-refractivity contribution is -0.119. The second kappa shape index (κ2) is 10.2. The number of hydrogen-bond donors (Lipinski definition) is 1. The highest BCUT2D eigenvalue weighted by Crippen LogP contribution is 2.25. The van der Waals surface area contributed by atoms with Gasteiger partial charge < -0.3 is 4.74 Å². The third kappa shape index (κ3) is 5.71. The van der Waals surface area contributed by atoms with Crippen LogP contribution in [-0.4, -0.2) is 33.7 Å². The van der Waals surface area contributed by atoms with Crippen molar-refractivity contribution in [3.63, 3.8) is 0 Å². The zero-order chi connectivity index (χ0) is 22.3. The highest BCUT2D eigenvalue weighted by molar-refractivity contribution is 7.92. The number of amides is 1. The topological polar surface area (TPSA) is 88.1 Å². The Labute approximate surface area is 186 Å². The van der Waals surface area contributed by atoms with Crippen LogP contribution in [0.1, 0.15) is 17.4 Å². The van der Waals surface area contributed by atoms with Gasteiger partial charge in [-0.25, -0.2) is 13.8 Å². The summed E-state index contributed by atoms with van der Waals surface area (Å²) in [6, 6.07) is 16.5. The monoisotopic (exact) mass is 457 g/mol. The summed E-state index contributed by atoms with van der Waals surface area (Å²) in [6.45, 7) is 3.88. The van der Waals surface area contributed by atoms with Gasteiger partial charge in [0.1, 0.15) is 12.3 Å². The minimum absolute atomic E-state index is 0.0920. The minimum atomic E-state index is -3.97. The molecule has 1 aromatic heterocycles. The van der Waals surface area contributed by atoms with Gasteiger partial charge in [0, 0.05) is 4.88 Å². The van der Waals surface area contributed by atoms with Crippen molar-refractivity contribution in [3.05, 3.63) is 76.5 Å². The second-order valence-electron chi connectivity index (χ2n) is 6.51. The molecule has 0 radical (unpaired) electrons. The Balaban J connectivity index is 1.84. The number of nitrogens with zero attached hydrogens (tertiary/aromatic N) is 2. The van der Waals surface area contributed by atoms with E-state index in [9.17, 15) is 13.2 Å². The Morgan fingerprint density at radius 3 is 2.45 bits per heavy atom. The van der Waals surface area contributed by atoms with Gasteiger partial charge in [0.05, 0.1) is 23.4 Å². The van der Waals surface area contributed by atoms with Crippen molar-refractivity contribution >= 4 is 39.2 Å². The standard InChI is InChI=1S/C22H23N3O4S2/c1-3-29-19-11-9-18(10-12-19)25(31(27,28)20-7-5-4-6-8-20)16-22(26)24-23-15-21-17(2)13-14-30-21/h4-15H,3,16H2,1-2H3,(H,24,26)/b23-15-. The van der Waals surface area contributed by atoms with E-state index in [1.807, 2.05) is 25.3 Å². The molecule has 162 valence electrons. The molecule has 1 amide bonds. The predicted octanol–water partition coefficient (Wildman–Crippen LogP) is 3.80. The zero-order valence-electron chi connectivity index (χ0n) is 17.2. The molecule has 0 saturated carbocycles. The Hall–Kier alpha value is -3.17. The van der Waals surface area contributed by atoms with Crippen molar-refractivity contribution in [1.82, 2.24) is 5.43 Å². The van der Waals surface area contributed by atoms with Crippen LogP contribution in [0.2, 0.25) is 0 Å². The Morgan fingerprint density at radius 1 is 1.13 bits per heavy atom. The molecule has 0 spiro atoms. The van der Waals surface area contributed by atoms with Crippen LogP contribution in [0.3, 0.4) is 0 Å². The summed E-state index contributed by atoms with van der Waals surface area (Å²) in [7, 11) is -3.97. The lowest BCUT2D eigenvalue weighted by Gasteiger charge is -2.24. The molecule has 3 rings (SSSR count). The average Bonchev–Trinajstić information content (AvgIpc) is 3.18. The summed E-state index contributed by atoms with van der Waals surface area (Å²) in [6.07, 6.45) is 1.55. The molecule has 7 nitrogen and oxygen atoms in total. The maximum Gasteiger partial charge on any atom is 0.264 e. The number of ether oxygens (including phenoxy) is 1. The first kappa shape index (κ1) is 22.5. The van der Waals surface area contributed by atoms with Gasteiger partial charge in [-0.3, -0.25) is 9.10 Å². The number of hydrogen-bond acceptors (Lipinski definition) is 6. The van der Waals surface area contributed by atoms with E-state index in [0.29, 0.717) is 18.0 Å². The molecule has 9 heteroatoms. The lowest BCUT2D eigenvalue weighted by atomic mass is 10.3. The van der Waals surface area contributed by atoms with Gasteiger partial charge in [0.2, 0.25) is 0 Å². The molecule has 0 bridgehead atoms. The first-order valence-electron chi connectivity index (χ1n) is 9.58. The van der Waals surface area contributed by atoms with E-state index in [0.717, 1.165) is 14.7 Å². The summed E-state index contributed by atoms with van der Waals surface area (Å²) in [5.74, 6) is 0.0579. The molecule has 1 N–H and O–H groups in total. The number of benzene rings is 2. The van der Waals surface area contributed by atoms with E-state index >= 15 is 0 Å². The molecule has 0 fully saturated rings. The molecule has 1 heterocycles. The van der Waals surface area contributed by atoms with Gasteiger partial charge in [0.15, 0.2) is 0 Å². The summed E-state index contributed by atoms with van der Waals surface area (Å²) in [4.78, 5) is 13.5. The van der Waals surface area contributed by atoms with E-state index in [1.54, 1.807) is 48.7 Å². The smallest absolute Gasteiger partial charge is 0.264 e. The van der Waals surface area contributed by atoms with Crippen molar-refractivity contribution in [1.29, 1.82) is 0 Å². The van der Waals surface area contributed by atoms with Crippen molar-refractivity contribution in [3.8, 4) is 5.75 Å². The largest absolute Gasteiger partial charge is 0.494 e. The van der Waals surface area contributed by atoms with Crippen molar-refractivity contribution < 1.29 is 17.9 Å². The van der Waals surface area contributed by atoms with Crippen molar-refractivity contribution in [2.45, 2.75) is 18.7 Å². The number of nitrogens with one attached hydrogen (secondary N) is 1. The minimum Gasteiger partial charge on any atom is -0.494 e. The molecule has 3 aromatic rings. The van der Waals surface area contributed by atoms with E-state index < -0.39 is 22.5 Å². The Kier molecular flexibility index (Phi) is 7.43. The first-order valence-corrected chi connectivity index (χ1v) is 11.9. The second-order valence-corrected chi connectivity index (χ2v) is 9.32. The number of anilines is 1. The van der Waals surface area contributed by atoms with E-state index in [2.05, 4.69) is 10.5 Å². The number of rotatable bonds is 9. The van der Waals surface area contributed by atoms with Crippen molar-refractivity contribution in [2.75, 3.05) is 17.5 Å². The fraction of sp³-hybridized carbons (Fsp3) is 0.182. The van der Waals surface area contributed by atoms with Gasteiger partial charge in [0.25, 0.3) is 15.9 Å². The van der Waals surface area contributed by atoms with Crippen LogP contribution in [0.25, 0.3) is 0 Å². The van der Waals surface area contributed by atoms with Crippen LogP contribution in [0.4, 0.5) is 5.69 Å². The summed E-state index contributed by atoms with van der Waals surface area (Å²) >= 11 is 1.50. The molecular weight excluding hydrogens is 434 g/mol. The summed E-state index contributed by atoms with van der Waals surface area (Å²) in [5, 5.41) is 5.89. The molecule has 0 unspecified atom stereocenters. The number of hydrazone groups is 1. The lowest BCUT2D eigenvalue weighted by Crippen LogP contribution is -2.39. The number of aryl methyl sites for hydroxylation is 1. The predicted molar refractivity (Wildman–Crippen MR) is 123 cm³/mol. The van der Waals surface area contributed by atoms with Gasteiger partial charge >= 0.3 is 0 Å². The fourth-order valence-electron chi connectivity index (χ4n) is 2.76. The molecular formula is C22H23N3O4S2. The normalized spacial score (nSPS) is 11.4. The van der Waals surface area contributed by atoms with Gasteiger partial charge in [-0.2, -0.15) is 5.10 Å². The van der Waals surface area contributed by atoms with Crippen LogP contribution in [0.5, 0.6) is 5.75 Å². The third-order valence-corrected chi connectivity index (χ3v) is 7.07. The highest BCUT2D eigenvalue weighted by Gasteiger charge is 2.27.